The van der Waals surface area contributed by atoms with Crippen LogP contribution in [0.2, 0.25) is 0 Å². The molecule has 154 valence electrons. The summed E-state index contributed by atoms with van der Waals surface area (Å²) in [6.45, 7) is 8.25. The number of fused-ring (bicyclic) bond motifs is 1. The average molecular weight is 397 g/mol. The standard InChI is InChI=1S/C21H27N5O3/c1-13(2)18-10-19(29-24-18)21(28)26-9-6-17-16(12-26)11-22-20(23-17)15-4-7-25(8-5-15)14(3)27/h10-11,13,15H,4-9,12H2,1-3H3. The van der Waals surface area contributed by atoms with E-state index in [1.54, 1.807) is 17.9 Å². The highest BCUT2D eigenvalue weighted by Gasteiger charge is 2.28. The molecule has 2 aliphatic rings. The third-order valence-corrected chi connectivity index (χ3v) is 5.88. The second-order valence-corrected chi connectivity index (χ2v) is 8.23. The Balaban J connectivity index is 1.43. The highest BCUT2D eigenvalue weighted by molar-refractivity contribution is 5.91. The van der Waals surface area contributed by atoms with Crippen molar-refractivity contribution < 1.29 is 14.1 Å². The fraction of sp³-hybridized carbons (Fsp3) is 0.571. The number of amides is 2. The van der Waals surface area contributed by atoms with Crippen LogP contribution in [0.25, 0.3) is 0 Å². The lowest BCUT2D eigenvalue weighted by Gasteiger charge is -2.31. The Bertz CT molecular complexity index is 915. The summed E-state index contributed by atoms with van der Waals surface area (Å²) in [7, 11) is 0. The summed E-state index contributed by atoms with van der Waals surface area (Å²) in [5.41, 5.74) is 2.79. The Morgan fingerprint density at radius 3 is 2.59 bits per heavy atom. The van der Waals surface area contributed by atoms with Gasteiger partial charge in [-0.1, -0.05) is 19.0 Å². The van der Waals surface area contributed by atoms with Crippen LogP contribution in [-0.2, 0) is 17.8 Å². The minimum Gasteiger partial charge on any atom is -0.351 e. The molecule has 2 aromatic rings. The van der Waals surface area contributed by atoms with Crippen LogP contribution in [-0.4, -0.2) is 56.4 Å². The van der Waals surface area contributed by atoms with Gasteiger partial charge in [-0.25, -0.2) is 9.97 Å². The Hall–Kier alpha value is -2.77. The van der Waals surface area contributed by atoms with Crippen LogP contribution >= 0.6 is 0 Å². The molecule has 0 aromatic carbocycles. The van der Waals surface area contributed by atoms with Gasteiger partial charge in [0.15, 0.2) is 0 Å². The van der Waals surface area contributed by atoms with Crippen molar-refractivity contribution >= 4 is 11.8 Å². The predicted octanol–water partition coefficient (Wildman–Crippen LogP) is 2.51. The van der Waals surface area contributed by atoms with E-state index in [0.717, 1.165) is 48.7 Å². The zero-order valence-corrected chi connectivity index (χ0v) is 17.2. The van der Waals surface area contributed by atoms with E-state index in [0.29, 0.717) is 25.4 Å². The van der Waals surface area contributed by atoms with E-state index in [1.807, 2.05) is 24.9 Å². The lowest BCUT2D eigenvalue weighted by atomic mass is 9.95. The number of piperidine rings is 1. The highest BCUT2D eigenvalue weighted by atomic mass is 16.5. The monoisotopic (exact) mass is 397 g/mol. The van der Waals surface area contributed by atoms with Gasteiger partial charge in [-0.05, 0) is 18.8 Å². The van der Waals surface area contributed by atoms with Crippen molar-refractivity contribution in [1.82, 2.24) is 24.9 Å². The molecule has 0 spiro atoms. The first kappa shape index (κ1) is 19.5. The number of carbonyl (C=O) groups is 2. The fourth-order valence-corrected chi connectivity index (χ4v) is 3.97. The van der Waals surface area contributed by atoms with Crippen molar-refractivity contribution in [2.24, 2.45) is 0 Å². The molecule has 1 saturated heterocycles. The quantitative estimate of drug-likeness (QED) is 0.790. The Morgan fingerprint density at radius 1 is 1.17 bits per heavy atom. The van der Waals surface area contributed by atoms with E-state index < -0.39 is 0 Å². The molecule has 4 rings (SSSR count). The Morgan fingerprint density at radius 2 is 1.93 bits per heavy atom. The fourth-order valence-electron chi connectivity index (χ4n) is 3.97. The summed E-state index contributed by atoms with van der Waals surface area (Å²) >= 11 is 0. The van der Waals surface area contributed by atoms with E-state index in [1.165, 1.54) is 0 Å². The van der Waals surface area contributed by atoms with Crippen molar-refractivity contribution in [3.63, 3.8) is 0 Å². The molecule has 4 heterocycles. The zero-order chi connectivity index (χ0) is 20.5. The maximum absolute atomic E-state index is 12.8. The van der Waals surface area contributed by atoms with Crippen molar-refractivity contribution in [1.29, 1.82) is 0 Å². The molecule has 0 aliphatic carbocycles. The van der Waals surface area contributed by atoms with Crippen LogP contribution in [0.3, 0.4) is 0 Å². The number of likely N-dealkylation sites (tertiary alicyclic amines) is 1. The molecule has 2 aromatic heterocycles. The molecule has 1 fully saturated rings. The molecule has 2 aliphatic heterocycles. The SMILES string of the molecule is CC(=O)N1CCC(c2ncc3c(n2)CCN(C(=O)c2cc(C(C)C)no2)C3)CC1. The minimum absolute atomic E-state index is 0.131. The third kappa shape index (κ3) is 4.02. The number of hydrogen-bond donors (Lipinski definition) is 0. The van der Waals surface area contributed by atoms with Crippen LogP contribution in [0.1, 0.15) is 78.8 Å². The van der Waals surface area contributed by atoms with Crippen LogP contribution in [0.4, 0.5) is 0 Å². The summed E-state index contributed by atoms with van der Waals surface area (Å²) in [6.07, 6.45) is 4.35. The normalized spacial score (nSPS) is 17.5. The number of hydrogen-bond acceptors (Lipinski definition) is 6. The average Bonchev–Trinajstić information content (AvgIpc) is 3.23. The van der Waals surface area contributed by atoms with Gasteiger partial charge in [-0.2, -0.15) is 0 Å². The van der Waals surface area contributed by atoms with Crippen LogP contribution in [0, 0.1) is 0 Å². The van der Waals surface area contributed by atoms with Crippen molar-refractivity contribution in [3.05, 3.63) is 40.8 Å². The number of nitrogens with zero attached hydrogens (tertiary/aromatic N) is 5. The Labute approximate surface area is 170 Å². The molecule has 0 radical (unpaired) electrons. The number of rotatable bonds is 3. The van der Waals surface area contributed by atoms with Gasteiger partial charge in [0.05, 0.1) is 11.4 Å². The largest absolute Gasteiger partial charge is 0.351 e. The van der Waals surface area contributed by atoms with Gasteiger partial charge < -0.3 is 14.3 Å². The van der Waals surface area contributed by atoms with Gasteiger partial charge in [0.1, 0.15) is 5.82 Å². The van der Waals surface area contributed by atoms with Gasteiger partial charge in [0.25, 0.3) is 5.91 Å². The Kier molecular flexibility index (Phi) is 5.34. The molecule has 8 nitrogen and oxygen atoms in total. The lowest BCUT2D eigenvalue weighted by molar-refractivity contribution is -0.129. The van der Waals surface area contributed by atoms with Gasteiger partial charge in [-0.15, -0.1) is 0 Å². The molecule has 0 bridgehead atoms. The summed E-state index contributed by atoms with van der Waals surface area (Å²) in [5, 5.41) is 3.98. The summed E-state index contributed by atoms with van der Waals surface area (Å²) in [6, 6.07) is 1.73. The first-order valence-corrected chi connectivity index (χ1v) is 10.3. The van der Waals surface area contributed by atoms with Crippen molar-refractivity contribution in [2.45, 2.75) is 58.4 Å². The van der Waals surface area contributed by atoms with Crippen LogP contribution in [0.5, 0.6) is 0 Å². The van der Waals surface area contributed by atoms with E-state index in [9.17, 15) is 9.59 Å². The summed E-state index contributed by atoms with van der Waals surface area (Å²) in [4.78, 5) is 37.3. The lowest BCUT2D eigenvalue weighted by Crippen LogP contribution is -2.38. The zero-order valence-electron chi connectivity index (χ0n) is 17.2. The maximum atomic E-state index is 12.8. The maximum Gasteiger partial charge on any atom is 0.292 e. The summed E-state index contributed by atoms with van der Waals surface area (Å²) < 4.78 is 5.25. The van der Waals surface area contributed by atoms with Crippen LogP contribution < -0.4 is 0 Å². The second-order valence-electron chi connectivity index (χ2n) is 8.23. The van der Waals surface area contributed by atoms with E-state index in [2.05, 4.69) is 10.1 Å². The third-order valence-electron chi connectivity index (χ3n) is 5.88. The van der Waals surface area contributed by atoms with Gasteiger partial charge in [0, 0.05) is 63.3 Å². The van der Waals surface area contributed by atoms with Gasteiger partial charge in [-0.3, -0.25) is 9.59 Å². The number of aromatic nitrogens is 3. The second kappa shape index (κ2) is 7.93. The molecule has 29 heavy (non-hydrogen) atoms. The van der Waals surface area contributed by atoms with E-state index >= 15 is 0 Å². The topological polar surface area (TPSA) is 92.4 Å². The van der Waals surface area contributed by atoms with E-state index in [4.69, 9.17) is 9.51 Å². The molecular formula is C21H27N5O3. The molecule has 0 N–H and O–H groups in total. The van der Waals surface area contributed by atoms with Crippen molar-refractivity contribution in [2.75, 3.05) is 19.6 Å². The molecule has 0 atom stereocenters. The van der Waals surface area contributed by atoms with E-state index in [-0.39, 0.29) is 23.5 Å². The highest BCUT2D eigenvalue weighted by Crippen LogP contribution is 2.27. The van der Waals surface area contributed by atoms with Crippen LogP contribution in [0.15, 0.2) is 16.8 Å². The molecule has 0 saturated carbocycles. The molecule has 8 heteroatoms. The minimum atomic E-state index is -0.143. The smallest absolute Gasteiger partial charge is 0.292 e. The van der Waals surface area contributed by atoms with Gasteiger partial charge >= 0.3 is 0 Å². The first-order valence-electron chi connectivity index (χ1n) is 10.3. The molecular weight excluding hydrogens is 370 g/mol. The molecule has 0 unspecified atom stereocenters. The predicted molar refractivity (Wildman–Crippen MR) is 105 cm³/mol. The first-order chi connectivity index (χ1) is 13.9. The summed E-state index contributed by atoms with van der Waals surface area (Å²) in [5.74, 6) is 1.65. The van der Waals surface area contributed by atoms with Crippen molar-refractivity contribution in [3.8, 4) is 0 Å². The number of carbonyl (C=O) groups excluding carboxylic acids is 2. The molecule has 2 amide bonds. The van der Waals surface area contributed by atoms with Gasteiger partial charge in [0.2, 0.25) is 11.7 Å².